The first kappa shape index (κ1) is 30.1. The number of rotatable bonds is 0. The van der Waals surface area contributed by atoms with E-state index in [-0.39, 0.29) is 122 Å². The summed E-state index contributed by atoms with van der Waals surface area (Å²) in [7, 11) is 0. The number of halogens is 2. The third-order valence-corrected chi connectivity index (χ3v) is 0. The Kier molecular flexibility index (Phi) is 135. The molecular formula is H5BaBiCl2NbOTi. The van der Waals surface area contributed by atoms with Gasteiger partial charge in [-0.2, -0.15) is 3.84 Å². The van der Waals surface area contributed by atoms with Crippen LogP contribution in [0.25, 0.3) is 0 Å². The second-order valence-corrected chi connectivity index (χ2v) is 0.525. The van der Waals surface area contributed by atoms with Gasteiger partial charge in [-0.1, -0.05) is 0 Å². The van der Waals surface area contributed by atoms with Crippen LogP contribution in [-0.2, 0) is 47.9 Å². The molecule has 0 aromatic heterocycles. The van der Waals surface area contributed by atoms with E-state index in [1.165, 1.54) is 0 Å². The van der Waals surface area contributed by atoms with Crippen molar-refractivity contribution in [1.82, 2.24) is 0 Å². The standard InChI is InChI=1S/Ba.Bi.Cl2O.Nb.Ti.5H/c;;1-3-2;;;;;;;/q+2;;;;;;;;2*-1. The van der Waals surface area contributed by atoms with Gasteiger partial charge in [0.1, 0.15) is 0 Å². The molecule has 0 saturated carbocycles. The van der Waals surface area contributed by atoms with Crippen LogP contribution in [0.4, 0.5) is 0 Å². The molecule has 0 aliphatic carbocycles. The van der Waals surface area contributed by atoms with Gasteiger partial charge in [0.15, 0.2) is 0 Å². The predicted molar refractivity (Wildman–Crippen MR) is 30.7 cm³/mol. The molecule has 0 aromatic rings. The van der Waals surface area contributed by atoms with Crippen LogP contribution in [-0.4, -0.2) is 75.1 Å². The van der Waals surface area contributed by atoms with Crippen molar-refractivity contribution < 1.29 is 50.8 Å². The molecule has 0 bridgehead atoms. The van der Waals surface area contributed by atoms with E-state index < -0.39 is 0 Å². The molecule has 0 aliphatic rings. The molecule has 41 valence electrons. The molecule has 1 nitrogen and oxygen atoms in total. The molecule has 0 aliphatic heterocycles. The maximum Gasteiger partial charge on any atom is 0 e. The van der Waals surface area contributed by atoms with E-state index in [0.29, 0.717) is 0 Å². The van der Waals surface area contributed by atoms with Crippen molar-refractivity contribution in [2.75, 3.05) is 0 Å². The second-order valence-electron chi connectivity index (χ2n) is 0.0583. The summed E-state index contributed by atoms with van der Waals surface area (Å²) in [4.78, 5) is 0. The van der Waals surface area contributed by atoms with Crippen molar-refractivity contribution in [3.8, 4) is 0 Å². The summed E-state index contributed by atoms with van der Waals surface area (Å²) in [5, 5.41) is 0. The third kappa shape index (κ3) is 37.7. The van der Waals surface area contributed by atoms with Crippen LogP contribution in [0.2, 0.25) is 0 Å². The molecule has 0 aromatic carbocycles. The van der Waals surface area contributed by atoms with Crippen LogP contribution in [0.15, 0.2) is 0 Å². The van der Waals surface area contributed by atoms with Gasteiger partial charge in [0.05, 0.1) is 23.7 Å². The van der Waals surface area contributed by atoms with E-state index in [0.717, 1.165) is 0 Å². The minimum Gasteiger partial charge on any atom is -1.00 e. The van der Waals surface area contributed by atoms with Crippen LogP contribution in [0, 0.1) is 0 Å². The van der Waals surface area contributed by atoms with Crippen molar-refractivity contribution in [3.63, 3.8) is 0 Å². The van der Waals surface area contributed by atoms with Crippen LogP contribution < -0.4 is 0 Å². The molecule has 0 rings (SSSR count). The monoisotopic (exact) mass is 579 g/mol. The average Bonchev–Trinajstić information content (AvgIpc) is 0.918. The van der Waals surface area contributed by atoms with E-state index in [2.05, 4.69) is 27.6 Å². The van der Waals surface area contributed by atoms with Crippen molar-refractivity contribution in [1.29, 1.82) is 0 Å². The molecule has 1 radical (unpaired) electrons. The zero-order valence-corrected chi connectivity index (χ0v) is 18.7. The Morgan fingerprint density at radius 2 is 1.29 bits per heavy atom. The smallest absolute Gasteiger partial charge is 0 e. The van der Waals surface area contributed by atoms with E-state index >= 15 is 0 Å². The fourth-order valence-corrected chi connectivity index (χ4v) is 0. The Morgan fingerprint density at radius 3 is 1.29 bits per heavy atom. The van der Waals surface area contributed by atoms with Crippen LogP contribution >= 0.6 is 23.7 Å². The Balaban J connectivity index is -0.00000000133. The van der Waals surface area contributed by atoms with Gasteiger partial charge in [-0.3, -0.25) is 0 Å². The van der Waals surface area contributed by atoms with Gasteiger partial charge in [0.2, 0.25) is 0 Å². The van der Waals surface area contributed by atoms with Gasteiger partial charge < -0.3 is 2.85 Å². The van der Waals surface area contributed by atoms with Crippen LogP contribution in [0.1, 0.15) is 2.85 Å². The van der Waals surface area contributed by atoms with Gasteiger partial charge in [-0.25, -0.2) is 0 Å². The summed E-state index contributed by atoms with van der Waals surface area (Å²) in [6.45, 7) is 0. The van der Waals surface area contributed by atoms with Gasteiger partial charge >= 0.3 is 75.1 Å². The molecule has 0 atom stereocenters. The van der Waals surface area contributed by atoms with E-state index in [1.54, 1.807) is 0 Å². The molecule has 0 fully saturated rings. The summed E-state index contributed by atoms with van der Waals surface area (Å²) < 4.78 is 3.19. The fourth-order valence-electron chi connectivity index (χ4n) is 0. The molecule has 0 saturated heterocycles. The third-order valence-electron chi connectivity index (χ3n) is 0. The quantitative estimate of drug-likeness (QED) is 0.367. The number of hydrogen-bond acceptors (Lipinski definition) is 1. The summed E-state index contributed by atoms with van der Waals surface area (Å²) in [5.41, 5.74) is 0. The van der Waals surface area contributed by atoms with Crippen molar-refractivity contribution in [2.45, 2.75) is 0 Å². The largest absolute Gasteiger partial charge is 1.00 e. The summed E-state index contributed by atoms with van der Waals surface area (Å²) in [6.07, 6.45) is 0. The fraction of sp³-hybridized carbons (Fsp3) is 0. The Labute approximate surface area is 146 Å². The van der Waals surface area contributed by atoms with Gasteiger partial charge in [0.25, 0.3) is 0 Å². The topological polar surface area (TPSA) is 9.23 Å². The summed E-state index contributed by atoms with van der Waals surface area (Å²) in [5.74, 6) is 0. The second kappa shape index (κ2) is 31.4. The number of hydrogen-bond donors (Lipinski definition) is 0. The van der Waals surface area contributed by atoms with E-state index in [4.69, 9.17) is 0 Å². The molecular weight excluding hydrogens is 574 g/mol. The SMILES string of the molecule is ClOCl.[Ba+2].[BiH3].[H-].[H-].[Nb].[Ti]. The van der Waals surface area contributed by atoms with Gasteiger partial charge in [-0.15, -0.1) is 0 Å². The van der Waals surface area contributed by atoms with E-state index in [1.807, 2.05) is 0 Å². The normalized spacial score (nSPS) is 2.57. The molecule has 0 amide bonds. The van der Waals surface area contributed by atoms with Crippen molar-refractivity contribution in [3.05, 3.63) is 0 Å². The predicted octanol–water partition coefficient (Wildman–Crippen LogP) is -0.0341. The van der Waals surface area contributed by atoms with Gasteiger partial charge in [0, 0.05) is 44.1 Å². The first-order valence-corrected chi connectivity index (χ1v) is 0.926. The zero-order chi connectivity index (χ0) is 2.71. The molecule has 7 heavy (non-hydrogen) atoms. The summed E-state index contributed by atoms with van der Waals surface area (Å²) in [6, 6.07) is 0. The van der Waals surface area contributed by atoms with Crippen LogP contribution in [0.5, 0.6) is 0 Å². The molecule has 0 N–H and O–H groups in total. The maximum atomic E-state index is 4.26. The Hall–Kier alpha value is 4.45. The Morgan fingerprint density at radius 1 is 1.29 bits per heavy atom. The minimum atomic E-state index is 0. The Bertz CT molecular complexity index is 24.5. The molecule has 0 heterocycles. The zero-order valence-electron chi connectivity index (χ0n) is 5.53. The first-order valence-electron chi connectivity index (χ1n) is 0.309. The molecule has 0 unspecified atom stereocenters. The summed E-state index contributed by atoms with van der Waals surface area (Å²) >= 11 is 8.53. The van der Waals surface area contributed by atoms with Crippen LogP contribution in [0.3, 0.4) is 0 Å². The van der Waals surface area contributed by atoms with Crippen molar-refractivity contribution in [2.24, 2.45) is 0 Å². The van der Waals surface area contributed by atoms with Crippen molar-refractivity contribution >= 4 is 98.8 Å². The minimum absolute atomic E-state index is 0. The first-order chi connectivity index (χ1) is 1.41. The maximum absolute atomic E-state index is 4.26. The van der Waals surface area contributed by atoms with Gasteiger partial charge in [-0.05, 0) is 0 Å². The molecule has 7 heteroatoms. The average molecular weight is 579 g/mol. The van der Waals surface area contributed by atoms with E-state index in [9.17, 15) is 0 Å². The molecule has 0 spiro atoms.